The molecule has 3 rings (SSSR count). The van der Waals surface area contributed by atoms with Crippen LogP contribution in [0.3, 0.4) is 0 Å². The minimum absolute atomic E-state index is 0.184. The van der Waals surface area contributed by atoms with Crippen LogP contribution >= 0.6 is 0 Å². The molecule has 0 radical (unpaired) electrons. The predicted molar refractivity (Wildman–Crippen MR) is 82.6 cm³/mol. The molecular formula is C16H20N4O. The molecule has 21 heavy (non-hydrogen) atoms. The molecule has 0 amide bonds. The third kappa shape index (κ3) is 3.37. The first kappa shape index (κ1) is 14.0. The average molecular weight is 284 g/mol. The normalized spacial score (nSPS) is 20.2. The number of nitrogens with one attached hydrogen (secondary N) is 1. The molecule has 2 heterocycles. The van der Waals surface area contributed by atoms with Crippen molar-refractivity contribution < 1.29 is 4.52 Å². The van der Waals surface area contributed by atoms with E-state index in [0.717, 1.165) is 31.0 Å². The number of hydrogen-bond donors (Lipinski definition) is 1. The van der Waals surface area contributed by atoms with Crippen LogP contribution in [0.15, 0.2) is 28.8 Å². The second-order valence-electron chi connectivity index (χ2n) is 5.44. The number of aromatic nitrogens is 2. The van der Waals surface area contributed by atoms with Gasteiger partial charge < -0.3 is 9.84 Å². The maximum Gasteiger partial charge on any atom is 0.250 e. The minimum Gasteiger partial charge on any atom is -0.335 e. The van der Waals surface area contributed by atoms with Crippen LogP contribution in [0.5, 0.6) is 0 Å². The Kier molecular flexibility index (Phi) is 4.13. The standard InChI is InChI=1S/C16H20N4O/c1-12-3-5-13(6-4-12)7-8-15-18-16(19-21-15)14-11-17-9-10-20(14)2/h3-8,14,17H,9-11H2,1-2H3/b8-7+. The van der Waals surface area contributed by atoms with Gasteiger partial charge in [0.05, 0.1) is 6.04 Å². The lowest BCUT2D eigenvalue weighted by Crippen LogP contribution is -2.44. The second-order valence-corrected chi connectivity index (χ2v) is 5.44. The van der Waals surface area contributed by atoms with E-state index in [0.29, 0.717) is 5.89 Å². The summed E-state index contributed by atoms with van der Waals surface area (Å²) in [5.74, 6) is 1.29. The smallest absolute Gasteiger partial charge is 0.250 e. The first-order valence-corrected chi connectivity index (χ1v) is 7.22. The summed E-state index contributed by atoms with van der Waals surface area (Å²) in [5, 5.41) is 7.45. The van der Waals surface area contributed by atoms with Gasteiger partial charge >= 0.3 is 0 Å². The van der Waals surface area contributed by atoms with E-state index < -0.39 is 0 Å². The van der Waals surface area contributed by atoms with Crippen molar-refractivity contribution in [2.45, 2.75) is 13.0 Å². The molecule has 1 atom stereocenters. The highest BCUT2D eigenvalue weighted by Crippen LogP contribution is 2.18. The molecule has 1 N–H and O–H groups in total. The molecule has 2 aromatic rings. The second kappa shape index (κ2) is 6.20. The molecule has 1 fully saturated rings. The number of aryl methyl sites for hydroxylation is 1. The first-order chi connectivity index (χ1) is 10.2. The van der Waals surface area contributed by atoms with Crippen LogP contribution in [0.25, 0.3) is 12.2 Å². The fourth-order valence-electron chi connectivity index (χ4n) is 2.39. The molecule has 1 unspecified atom stereocenters. The molecule has 1 aliphatic rings. The van der Waals surface area contributed by atoms with Crippen molar-refractivity contribution in [1.82, 2.24) is 20.4 Å². The van der Waals surface area contributed by atoms with Gasteiger partial charge in [-0.2, -0.15) is 4.98 Å². The van der Waals surface area contributed by atoms with Crippen molar-refractivity contribution in [3.05, 3.63) is 47.1 Å². The summed E-state index contributed by atoms with van der Waals surface area (Å²) in [5.41, 5.74) is 2.37. The van der Waals surface area contributed by atoms with E-state index in [1.165, 1.54) is 5.56 Å². The van der Waals surface area contributed by atoms with Crippen molar-refractivity contribution in [1.29, 1.82) is 0 Å². The fourth-order valence-corrected chi connectivity index (χ4v) is 2.39. The molecule has 1 saturated heterocycles. The zero-order chi connectivity index (χ0) is 14.7. The number of piperazine rings is 1. The molecule has 5 nitrogen and oxygen atoms in total. The summed E-state index contributed by atoms with van der Waals surface area (Å²) in [6.45, 7) is 4.93. The maximum atomic E-state index is 5.31. The highest BCUT2D eigenvalue weighted by atomic mass is 16.5. The summed E-state index contributed by atoms with van der Waals surface area (Å²) >= 11 is 0. The number of benzene rings is 1. The lowest BCUT2D eigenvalue weighted by atomic mass is 10.1. The molecule has 0 spiro atoms. The van der Waals surface area contributed by atoms with Crippen LogP contribution < -0.4 is 5.32 Å². The lowest BCUT2D eigenvalue weighted by Gasteiger charge is -2.30. The van der Waals surface area contributed by atoms with Crippen LogP contribution in [0.2, 0.25) is 0 Å². The van der Waals surface area contributed by atoms with Crippen LogP contribution in [0.1, 0.15) is 28.9 Å². The van der Waals surface area contributed by atoms with Gasteiger partial charge in [0.2, 0.25) is 0 Å². The highest BCUT2D eigenvalue weighted by molar-refractivity contribution is 5.65. The Labute approximate surface area is 124 Å². The molecule has 0 aliphatic carbocycles. The van der Waals surface area contributed by atoms with Crippen molar-refractivity contribution >= 4 is 12.2 Å². The summed E-state index contributed by atoms with van der Waals surface area (Å²) < 4.78 is 5.31. The predicted octanol–water partition coefficient (Wildman–Crippen LogP) is 2.12. The summed E-state index contributed by atoms with van der Waals surface area (Å²) in [6.07, 6.45) is 3.84. The third-order valence-electron chi connectivity index (χ3n) is 3.76. The zero-order valence-corrected chi connectivity index (χ0v) is 12.4. The fraction of sp³-hybridized carbons (Fsp3) is 0.375. The molecule has 1 aromatic carbocycles. The molecular weight excluding hydrogens is 264 g/mol. The Bertz CT molecular complexity index is 617. The van der Waals surface area contributed by atoms with E-state index in [4.69, 9.17) is 4.52 Å². The monoisotopic (exact) mass is 284 g/mol. The van der Waals surface area contributed by atoms with Gasteiger partial charge in [-0.25, -0.2) is 0 Å². The minimum atomic E-state index is 0.184. The van der Waals surface area contributed by atoms with E-state index in [9.17, 15) is 0 Å². The van der Waals surface area contributed by atoms with E-state index in [1.54, 1.807) is 0 Å². The van der Waals surface area contributed by atoms with Crippen molar-refractivity contribution in [3.8, 4) is 0 Å². The number of hydrogen-bond acceptors (Lipinski definition) is 5. The number of nitrogens with zero attached hydrogens (tertiary/aromatic N) is 3. The van der Waals surface area contributed by atoms with E-state index in [-0.39, 0.29) is 6.04 Å². The van der Waals surface area contributed by atoms with Crippen molar-refractivity contribution in [2.24, 2.45) is 0 Å². The van der Waals surface area contributed by atoms with Gasteiger partial charge in [-0.1, -0.05) is 35.0 Å². The summed E-state index contributed by atoms with van der Waals surface area (Å²) in [7, 11) is 2.09. The maximum absolute atomic E-state index is 5.31. The van der Waals surface area contributed by atoms with E-state index in [1.807, 2.05) is 12.2 Å². The van der Waals surface area contributed by atoms with Gasteiger partial charge in [0.15, 0.2) is 5.82 Å². The number of rotatable bonds is 3. The summed E-state index contributed by atoms with van der Waals surface area (Å²) in [4.78, 5) is 6.72. The summed E-state index contributed by atoms with van der Waals surface area (Å²) in [6, 6.07) is 8.50. The van der Waals surface area contributed by atoms with Crippen LogP contribution in [0, 0.1) is 6.92 Å². The largest absolute Gasteiger partial charge is 0.335 e. The third-order valence-corrected chi connectivity index (χ3v) is 3.76. The zero-order valence-electron chi connectivity index (χ0n) is 12.4. The Hall–Kier alpha value is -1.98. The molecule has 0 saturated carbocycles. The van der Waals surface area contributed by atoms with Crippen molar-refractivity contribution in [3.63, 3.8) is 0 Å². The van der Waals surface area contributed by atoms with E-state index >= 15 is 0 Å². The highest BCUT2D eigenvalue weighted by Gasteiger charge is 2.24. The van der Waals surface area contributed by atoms with Gasteiger partial charge in [0.1, 0.15) is 0 Å². The van der Waals surface area contributed by atoms with Gasteiger partial charge in [0, 0.05) is 25.7 Å². The van der Waals surface area contributed by atoms with Gasteiger partial charge in [-0.15, -0.1) is 0 Å². The van der Waals surface area contributed by atoms with Crippen molar-refractivity contribution in [2.75, 3.05) is 26.7 Å². The molecule has 110 valence electrons. The quantitative estimate of drug-likeness (QED) is 0.935. The van der Waals surface area contributed by atoms with Gasteiger partial charge in [-0.3, -0.25) is 4.90 Å². The molecule has 1 aromatic heterocycles. The first-order valence-electron chi connectivity index (χ1n) is 7.22. The molecule has 0 bridgehead atoms. The van der Waals surface area contributed by atoms with Crippen LogP contribution in [-0.4, -0.2) is 41.7 Å². The Morgan fingerprint density at radius 2 is 2.10 bits per heavy atom. The van der Waals surface area contributed by atoms with Crippen LogP contribution in [0.4, 0.5) is 0 Å². The molecule has 5 heteroatoms. The van der Waals surface area contributed by atoms with Crippen LogP contribution in [-0.2, 0) is 0 Å². The Balaban J connectivity index is 1.71. The van der Waals surface area contributed by atoms with Gasteiger partial charge in [0.25, 0.3) is 5.89 Å². The Morgan fingerprint density at radius 1 is 1.29 bits per heavy atom. The SMILES string of the molecule is Cc1ccc(/C=C/c2nc(C3CNCCN3C)no2)cc1. The molecule has 1 aliphatic heterocycles. The van der Waals surface area contributed by atoms with E-state index in [2.05, 4.69) is 58.6 Å². The lowest BCUT2D eigenvalue weighted by molar-refractivity contribution is 0.190. The number of likely N-dealkylation sites (N-methyl/N-ethyl adjacent to an activating group) is 1. The Morgan fingerprint density at radius 3 is 2.86 bits per heavy atom. The topological polar surface area (TPSA) is 54.2 Å². The average Bonchev–Trinajstić information content (AvgIpc) is 2.96. The van der Waals surface area contributed by atoms with Gasteiger partial charge in [-0.05, 0) is 25.6 Å².